The molecule has 0 aliphatic heterocycles. The molecule has 5 heteroatoms. The number of H-pyrrole nitrogens is 1. The first-order valence-electron chi connectivity index (χ1n) is 8.24. The second-order valence-electron chi connectivity index (χ2n) is 6.63. The summed E-state index contributed by atoms with van der Waals surface area (Å²) in [6, 6.07) is 10.8. The molecule has 1 aromatic heterocycles. The van der Waals surface area contributed by atoms with Crippen LogP contribution in [0, 0.1) is 0 Å². The van der Waals surface area contributed by atoms with Gasteiger partial charge >= 0.3 is 0 Å². The second kappa shape index (κ2) is 6.44. The zero-order chi connectivity index (χ0) is 16.3. The van der Waals surface area contributed by atoms with E-state index in [-0.39, 0.29) is 17.0 Å². The molecule has 2 aromatic rings. The van der Waals surface area contributed by atoms with Gasteiger partial charge in [0, 0.05) is 18.0 Å². The molecule has 1 aromatic carbocycles. The molecule has 5 nitrogen and oxygen atoms in total. The van der Waals surface area contributed by atoms with Crippen molar-refractivity contribution in [1.82, 2.24) is 9.97 Å². The Hall–Kier alpha value is -2.30. The lowest BCUT2D eigenvalue weighted by Crippen LogP contribution is -2.41. The Kier molecular flexibility index (Phi) is 4.37. The minimum atomic E-state index is -0.134. The van der Waals surface area contributed by atoms with Gasteiger partial charge in [0.25, 0.3) is 5.56 Å². The summed E-state index contributed by atoms with van der Waals surface area (Å²) in [6.07, 6.45) is 5.16. The van der Waals surface area contributed by atoms with Gasteiger partial charge in [-0.15, -0.1) is 0 Å². The maximum absolute atomic E-state index is 12.2. The van der Waals surface area contributed by atoms with Gasteiger partial charge in [-0.2, -0.15) is 0 Å². The summed E-state index contributed by atoms with van der Waals surface area (Å²) in [5, 5.41) is 6.40. The van der Waals surface area contributed by atoms with Crippen LogP contribution in [-0.2, 0) is 5.41 Å². The Balaban J connectivity index is 1.71. The molecule has 122 valence electrons. The number of nitrogens with zero attached hydrogens (tertiary/aromatic N) is 1. The van der Waals surface area contributed by atoms with E-state index in [1.54, 1.807) is 6.20 Å². The van der Waals surface area contributed by atoms with Gasteiger partial charge in [0.15, 0.2) is 0 Å². The number of hydrogen-bond acceptors (Lipinski definition) is 4. The van der Waals surface area contributed by atoms with Crippen molar-refractivity contribution in [3.05, 3.63) is 52.4 Å². The number of nitrogens with one attached hydrogen (secondary N) is 3. The van der Waals surface area contributed by atoms with Gasteiger partial charge in [-0.1, -0.05) is 36.8 Å². The van der Waals surface area contributed by atoms with E-state index >= 15 is 0 Å². The van der Waals surface area contributed by atoms with Crippen LogP contribution in [-0.4, -0.2) is 22.6 Å². The van der Waals surface area contributed by atoms with Crippen LogP contribution in [0.2, 0.25) is 0 Å². The summed E-state index contributed by atoms with van der Waals surface area (Å²) in [7, 11) is 0. The topological polar surface area (TPSA) is 69.8 Å². The molecule has 1 fully saturated rings. The number of aromatic nitrogens is 2. The van der Waals surface area contributed by atoms with E-state index in [0.717, 1.165) is 19.4 Å². The lowest BCUT2D eigenvalue weighted by molar-refractivity contribution is 0.260. The van der Waals surface area contributed by atoms with Gasteiger partial charge in [0.1, 0.15) is 5.69 Å². The minimum absolute atomic E-state index is 0.134. The molecule has 3 rings (SSSR count). The molecule has 0 atom stereocenters. The van der Waals surface area contributed by atoms with Crippen molar-refractivity contribution in [2.75, 3.05) is 17.2 Å². The van der Waals surface area contributed by atoms with Crippen LogP contribution in [0.25, 0.3) is 0 Å². The Morgan fingerprint density at radius 2 is 2.00 bits per heavy atom. The number of rotatable bonds is 6. The van der Waals surface area contributed by atoms with Crippen LogP contribution < -0.4 is 16.2 Å². The highest BCUT2D eigenvalue weighted by atomic mass is 16.1. The third-order valence-corrected chi connectivity index (χ3v) is 4.54. The van der Waals surface area contributed by atoms with Gasteiger partial charge in [-0.05, 0) is 32.3 Å². The van der Waals surface area contributed by atoms with Gasteiger partial charge < -0.3 is 10.6 Å². The maximum atomic E-state index is 12.2. The van der Waals surface area contributed by atoms with Crippen LogP contribution in [0.3, 0.4) is 0 Å². The molecule has 23 heavy (non-hydrogen) atoms. The standard InChI is InChI=1S/C18H24N4O/c1-13(2)21-17-19-11-15(16(23)22-17)20-12-18(9-6-10-18)14-7-4-3-5-8-14/h3-5,7-8,11,13,20H,6,9-10,12H2,1-2H3,(H2,19,21,22,23). The first kappa shape index (κ1) is 15.6. The summed E-state index contributed by atoms with van der Waals surface area (Å²) >= 11 is 0. The highest BCUT2D eigenvalue weighted by molar-refractivity contribution is 5.43. The first-order chi connectivity index (χ1) is 11.1. The summed E-state index contributed by atoms with van der Waals surface area (Å²) in [5.74, 6) is 0.511. The van der Waals surface area contributed by atoms with Crippen molar-refractivity contribution in [1.29, 1.82) is 0 Å². The molecule has 0 radical (unpaired) electrons. The number of hydrogen-bond donors (Lipinski definition) is 3. The predicted molar refractivity (Wildman–Crippen MR) is 94.1 cm³/mol. The smallest absolute Gasteiger partial charge is 0.275 e. The molecule has 1 heterocycles. The number of benzene rings is 1. The molecule has 1 aliphatic rings. The average Bonchev–Trinajstić information content (AvgIpc) is 2.48. The third-order valence-electron chi connectivity index (χ3n) is 4.54. The van der Waals surface area contributed by atoms with Crippen LogP contribution in [0.1, 0.15) is 38.7 Å². The number of anilines is 2. The molecular formula is C18H24N4O. The molecule has 0 spiro atoms. The second-order valence-corrected chi connectivity index (χ2v) is 6.63. The Labute approximate surface area is 136 Å². The number of aromatic amines is 1. The van der Waals surface area contributed by atoms with E-state index in [9.17, 15) is 4.79 Å². The van der Waals surface area contributed by atoms with Crippen molar-refractivity contribution in [2.45, 2.75) is 44.6 Å². The summed E-state index contributed by atoms with van der Waals surface area (Å²) < 4.78 is 0. The zero-order valence-electron chi connectivity index (χ0n) is 13.7. The fourth-order valence-corrected chi connectivity index (χ4v) is 3.09. The van der Waals surface area contributed by atoms with Crippen LogP contribution >= 0.6 is 0 Å². The van der Waals surface area contributed by atoms with E-state index in [4.69, 9.17) is 0 Å². The maximum Gasteiger partial charge on any atom is 0.275 e. The molecule has 0 saturated heterocycles. The fourth-order valence-electron chi connectivity index (χ4n) is 3.09. The highest BCUT2D eigenvalue weighted by Crippen LogP contribution is 2.43. The van der Waals surface area contributed by atoms with Gasteiger partial charge in [-0.25, -0.2) is 4.98 Å². The lowest BCUT2D eigenvalue weighted by Gasteiger charge is -2.42. The molecule has 0 amide bonds. The van der Waals surface area contributed by atoms with Gasteiger partial charge in [0.05, 0.1) is 6.20 Å². The largest absolute Gasteiger partial charge is 0.378 e. The van der Waals surface area contributed by atoms with Crippen molar-refractivity contribution < 1.29 is 0 Å². The molecule has 0 unspecified atom stereocenters. The van der Waals surface area contributed by atoms with Crippen molar-refractivity contribution in [3.8, 4) is 0 Å². The van der Waals surface area contributed by atoms with Crippen LogP contribution in [0.5, 0.6) is 0 Å². The first-order valence-corrected chi connectivity index (χ1v) is 8.24. The van der Waals surface area contributed by atoms with Crippen molar-refractivity contribution in [3.63, 3.8) is 0 Å². The third kappa shape index (κ3) is 3.38. The van der Waals surface area contributed by atoms with E-state index < -0.39 is 0 Å². The molecule has 1 saturated carbocycles. The normalized spacial score (nSPS) is 16.0. The van der Waals surface area contributed by atoms with Gasteiger partial charge in [-0.3, -0.25) is 9.78 Å². The predicted octanol–water partition coefficient (Wildman–Crippen LogP) is 3.12. The van der Waals surface area contributed by atoms with Crippen molar-refractivity contribution in [2.24, 2.45) is 0 Å². The quantitative estimate of drug-likeness (QED) is 0.766. The van der Waals surface area contributed by atoms with Crippen molar-refractivity contribution >= 4 is 11.6 Å². The fraction of sp³-hybridized carbons (Fsp3) is 0.444. The van der Waals surface area contributed by atoms with E-state index in [0.29, 0.717) is 11.6 Å². The van der Waals surface area contributed by atoms with E-state index in [1.165, 1.54) is 12.0 Å². The van der Waals surface area contributed by atoms with Crippen LogP contribution in [0.4, 0.5) is 11.6 Å². The summed E-state index contributed by atoms with van der Waals surface area (Å²) in [5.41, 5.74) is 1.89. The Morgan fingerprint density at radius 1 is 1.26 bits per heavy atom. The van der Waals surface area contributed by atoms with Gasteiger partial charge in [0.2, 0.25) is 5.95 Å². The Morgan fingerprint density at radius 3 is 2.57 bits per heavy atom. The lowest BCUT2D eigenvalue weighted by atomic mass is 9.64. The summed E-state index contributed by atoms with van der Waals surface area (Å²) in [4.78, 5) is 19.2. The average molecular weight is 312 g/mol. The molecular weight excluding hydrogens is 288 g/mol. The minimum Gasteiger partial charge on any atom is -0.378 e. The molecule has 3 N–H and O–H groups in total. The molecule has 1 aliphatic carbocycles. The zero-order valence-corrected chi connectivity index (χ0v) is 13.7. The van der Waals surface area contributed by atoms with E-state index in [2.05, 4.69) is 44.9 Å². The monoisotopic (exact) mass is 312 g/mol. The SMILES string of the molecule is CC(C)Nc1ncc(NCC2(c3ccccc3)CCC2)c(=O)[nH]1. The van der Waals surface area contributed by atoms with Crippen LogP contribution in [0.15, 0.2) is 41.3 Å². The van der Waals surface area contributed by atoms with E-state index in [1.807, 2.05) is 19.9 Å². The summed E-state index contributed by atoms with van der Waals surface area (Å²) in [6.45, 7) is 4.78. The highest BCUT2D eigenvalue weighted by Gasteiger charge is 2.38. The molecule has 0 bridgehead atoms. The Bertz CT molecular complexity index is 704.